The van der Waals surface area contributed by atoms with Gasteiger partial charge in [0.15, 0.2) is 0 Å². The topological polar surface area (TPSA) is 52.2 Å². The minimum atomic E-state index is -0.547. The number of nitrogens with one attached hydrogen (secondary N) is 1. The Morgan fingerprint density at radius 1 is 1.00 bits per heavy atom. The minimum absolute atomic E-state index is 0.0799. The Balaban J connectivity index is 1.24. The molecule has 5 rings (SSSR count). The van der Waals surface area contributed by atoms with Crippen molar-refractivity contribution in [3.8, 4) is 0 Å². The number of rotatable bonds is 3. The number of fused-ring (bicyclic) bond motifs is 1. The number of para-hydroxylation sites is 1. The van der Waals surface area contributed by atoms with Crippen LogP contribution >= 0.6 is 0 Å². The fourth-order valence-corrected chi connectivity index (χ4v) is 4.85. The predicted octanol–water partition coefficient (Wildman–Crippen LogP) is 3.66. The Kier molecular flexibility index (Phi) is 4.98. The van der Waals surface area contributed by atoms with Crippen LogP contribution in [-0.2, 0) is 0 Å². The molecule has 1 unspecified atom stereocenters. The molecule has 0 bridgehead atoms. The lowest BCUT2D eigenvalue weighted by Crippen LogP contribution is -2.44. The summed E-state index contributed by atoms with van der Waals surface area (Å²) in [4.78, 5) is 24.5. The molecule has 7 heteroatoms. The van der Waals surface area contributed by atoms with Gasteiger partial charge >= 0.3 is 0 Å². The van der Waals surface area contributed by atoms with Crippen molar-refractivity contribution in [3.63, 3.8) is 0 Å². The maximum absolute atomic E-state index is 14.1. The van der Waals surface area contributed by atoms with Crippen molar-refractivity contribution < 1.29 is 8.78 Å². The highest BCUT2D eigenvalue weighted by Crippen LogP contribution is 2.31. The first-order valence-electron chi connectivity index (χ1n) is 10.5. The molecule has 3 aromatic rings. The van der Waals surface area contributed by atoms with Crippen molar-refractivity contribution >= 4 is 16.6 Å². The van der Waals surface area contributed by atoms with Gasteiger partial charge in [-0.15, -0.1) is 0 Å². The zero-order valence-electron chi connectivity index (χ0n) is 16.7. The van der Waals surface area contributed by atoms with Crippen LogP contribution in [-0.4, -0.2) is 47.1 Å². The molecule has 0 amide bonds. The van der Waals surface area contributed by atoms with Crippen molar-refractivity contribution in [2.24, 2.45) is 0 Å². The highest BCUT2D eigenvalue weighted by molar-refractivity contribution is 5.77. The first-order valence-corrected chi connectivity index (χ1v) is 10.5. The number of aromatic amines is 1. The molecule has 0 saturated carbocycles. The average molecular weight is 410 g/mol. The maximum atomic E-state index is 14.1. The van der Waals surface area contributed by atoms with E-state index in [9.17, 15) is 13.6 Å². The molecule has 2 aromatic carbocycles. The van der Waals surface area contributed by atoms with Gasteiger partial charge in [0, 0.05) is 37.7 Å². The molecule has 1 aromatic heterocycles. The summed E-state index contributed by atoms with van der Waals surface area (Å²) < 4.78 is 27.3. The highest BCUT2D eigenvalue weighted by atomic mass is 19.1. The normalized spacial score (nSPS) is 20.9. The Morgan fingerprint density at radius 3 is 2.60 bits per heavy atom. The minimum Gasteiger partial charge on any atom is -0.369 e. The Hall–Kier alpha value is -2.80. The van der Waals surface area contributed by atoms with Crippen LogP contribution < -0.4 is 10.5 Å². The molecule has 2 saturated heterocycles. The van der Waals surface area contributed by atoms with Gasteiger partial charge in [-0.1, -0.05) is 12.1 Å². The highest BCUT2D eigenvalue weighted by Gasteiger charge is 2.33. The van der Waals surface area contributed by atoms with Crippen LogP contribution in [0.3, 0.4) is 0 Å². The van der Waals surface area contributed by atoms with E-state index in [-0.39, 0.29) is 11.5 Å². The molecule has 0 aliphatic carbocycles. The number of hydrogen-bond donors (Lipinski definition) is 1. The number of piperidine rings is 1. The van der Waals surface area contributed by atoms with Gasteiger partial charge < -0.3 is 9.88 Å². The monoisotopic (exact) mass is 410 g/mol. The quantitative estimate of drug-likeness (QED) is 0.716. The second-order valence-corrected chi connectivity index (χ2v) is 8.26. The smallest absolute Gasteiger partial charge is 0.258 e. The number of likely N-dealkylation sites (tertiary alicyclic amines) is 1. The molecule has 0 spiro atoms. The van der Waals surface area contributed by atoms with E-state index >= 15 is 0 Å². The number of benzene rings is 2. The number of anilines is 1. The third-order valence-corrected chi connectivity index (χ3v) is 6.47. The lowest BCUT2D eigenvalue weighted by atomic mass is 10.0. The van der Waals surface area contributed by atoms with Crippen LogP contribution in [0.2, 0.25) is 0 Å². The number of H-pyrrole nitrogens is 1. The van der Waals surface area contributed by atoms with Crippen LogP contribution in [0.15, 0.2) is 47.3 Å². The lowest BCUT2D eigenvalue weighted by molar-refractivity contribution is 0.204. The second kappa shape index (κ2) is 7.80. The van der Waals surface area contributed by atoms with Crippen molar-refractivity contribution in [3.05, 3.63) is 70.3 Å². The fourth-order valence-electron chi connectivity index (χ4n) is 4.85. The van der Waals surface area contributed by atoms with Crippen LogP contribution in [0.5, 0.6) is 0 Å². The largest absolute Gasteiger partial charge is 0.369 e. The van der Waals surface area contributed by atoms with Gasteiger partial charge in [-0.2, -0.15) is 0 Å². The van der Waals surface area contributed by atoms with Crippen LogP contribution in [0.25, 0.3) is 10.9 Å². The van der Waals surface area contributed by atoms with E-state index < -0.39 is 11.6 Å². The van der Waals surface area contributed by atoms with E-state index in [0.29, 0.717) is 17.1 Å². The van der Waals surface area contributed by atoms with E-state index in [1.54, 1.807) is 6.07 Å². The Morgan fingerprint density at radius 2 is 1.80 bits per heavy atom. The first kappa shape index (κ1) is 19.2. The summed E-state index contributed by atoms with van der Waals surface area (Å²) in [5.41, 5.74) is 1.14. The number of halogens is 2. The standard InChI is InChI=1S/C23H24F2N4O/c24-16-5-6-21(19(25)13-16)28-11-8-17(9-12-28)29-10-7-15(14-29)22-26-20-4-2-1-3-18(20)23(30)27-22/h1-6,13,15,17H,7-12,14H2,(H,26,27,30). The molecule has 3 heterocycles. The zero-order valence-corrected chi connectivity index (χ0v) is 16.7. The molecule has 2 aliphatic rings. The molecule has 2 aliphatic heterocycles. The van der Waals surface area contributed by atoms with E-state index in [1.165, 1.54) is 12.1 Å². The van der Waals surface area contributed by atoms with Crippen molar-refractivity contribution in [1.29, 1.82) is 0 Å². The average Bonchev–Trinajstić information content (AvgIpc) is 3.24. The van der Waals surface area contributed by atoms with Crippen LogP contribution in [0, 0.1) is 11.6 Å². The van der Waals surface area contributed by atoms with Crippen LogP contribution in [0.1, 0.15) is 31.0 Å². The molecule has 1 atom stereocenters. The summed E-state index contributed by atoms with van der Waals surface area (Å²) in [6.45, 7) is 3.34. The molecule has 0 radical (unpaired) electrons. The maximum Gasteiger partial charge on any atom is 0.258 e. The SMILES string of the molecule is O=c1[nH]c(C2CCN(C3CCN(c4ccc(F)cc4F)CC3)C2)nc2ccccc12. The number of hydrogen-bond acceptors (Lipinski definition) is 4. The van der Waals surface area contributed by atoms with Gasteiger partial charge in [0.1, 0.15) is 17.5 Å². The van der Waals surface area contributed by atoms with Crippen molar-refractivity contribution in [1.82, 2.24) is 14.9 Å². The Labute approximate surface area is 173 Å². The summed E-state index contributed by atoms with van der Waals surface area (Å²) in [7, 11) is 0. The van der Waals surface area contributed by atoms with Crippen molar-refractivity contribution in [2.45, 2.75) is 31.2 Å². The van der Waals surface area contributed by atoms with Gasteiger partial charge in [0.2, 0.25) is 0 Å². The summed E-state index contributed by atoms with van der Waals surface area (Å²) in [5, 5.41) is 0.622. The second-order valence-electron chi connectivity index (χ2n) is 8.26. The van der Waals surface area contributed by atoms with Gasteiger partial charge in [-0.25, -0.2) is 13.8 Å². The number of nitrogens with zero attached hydrogens (tertiary/aromatic N) is 3. The molecule has 156 valence electrons. The van der Waals surface area contributed by atoms with Gasteiger partial charge in [-0.05, 0) is 50.1 Å². The van der Waals surface area contributed by atoms with E-state index in [1.807, 2.05) is 23.1 Å². The zero-order chi connectivity index (χ0) is 20.7. The summed E-state index contributed by atoms with van der Waals surface area (Å²) in [6.07, 6.45) is 2.84. The Bertz CT molecular complexity index is 1120. The van der Waals surface area contributed by atoms with E-state index in [4.69, 9.17) is 4.98 Å². The molecular formula is C23H24F2N4O. The molecule has 5 nitrogen and oxygen atoms in total. The molecule has 2 fully saturated rings. The fraction of sp³-hybridized carbons (Fsp3) is 0.391. The van der Waals surface area contributed by atoms with Crippen molar-refractivity contribution in [2.75, 3.05) is 31.1 Å². The molecule has 1 N–H and O–H groups in total. The van der Waals surface area contributed by atoms with Gasteiger partial charge in [0.05, 0.1) is 16.6 Å². The molecular weight excluding hydrogens is 386 g/mol. The third kappa shape index (κ3) is 3.58. The predicted molar refractivity (Wildman–Crippen MR) is 113 cm³/mol. The first-order chi connectivity index (χ1) is 14.6. The summed E-state index contributed by atoms with van der Waals surface area (Å²) >= 11 is 0. The van der Waals surface area contributed by atoms with Crippen LogP contribution in [0.4, 0.5) is 14.5 Å². The number of aromatic nitrogens is 2. The lowest BCUT2D eigenvalue weighted by Gasteiger charge is -2.38. The summed E-state index contributed by atoms with van der Waals surface area (Å²) in [6, 6.07) is 11.6. The van der Waals surface area contributed by atoms with E-state index in [0.717, 1.165) is 62.8 Å². The third-order valence-electron chi connectivity index (χ3n) is 6.47. The van der Waals surface area contributed by atoms with Gasteiger partial charge in [0.25, 0.3) is 5.56 Å². The molecule has 30 heavy (non-hydrogen) atoms. The van der Waals surface area contributed by atoms with E-state index in [2.05, 4.69) is 9.88 Å². The summed E-state index contributed by atoms with van der Waals surface area (Å²) in [5.74, 6) is -0.0579. The van der Waals surface area contributed by atoms with Gasteiger partial charge in [-0.3, -0.25) is 9.69 Å².